The number of Topliss-reactive ketones (excluding diaryl/α,β-unsaturated/α-hetero) is 1. The first kappa shape index (κ1) is 11.3. The first-order chi connectivity index (χ1) is 7.27. The summed E-state index contributed by atoms with van der Waals surface area (Å²) >= 11 is 0. The largest absolute Gasteiger partial charge is 0.494 e. The van der Waals surface area contributed by atoms with Crippen molar-refractivity contribution in [1.82, 2.24) is 0 Å². The molecule has 0 spiro atoms. The number of carbonyl (C=O) groups excluding carboxylic acids is 1. The van der Waals surface area contributed by atoms with Crippen LogP contribution in [-0.4, -0.2) is 12.4 Å². The second-order valence-corrected chi connectivity index (χ2v) is 3.08. The van der Waals surface area contributed by atoms with Crippen molar-refractivity contribution in [2.24, 2.45) is 0 Å². The molecule has 0 radical (unpaired) electrons. The summed E-state index contributed by atoms with van der Waals surface area (Å²) in [7, 11) is 0. The molecule has 0 bridgehead atoms. The molecule has 0 heterocycles. The molecule has 2 nitrogen and oxygen atoms in total. The molecular weight excluding hydrogens is 188 g/mol. The normalized spacial score (nSPS) is 9.33. The quantitative estimate of drug-likeness (QED) is 0.542. The summed E-state index contributed by atoms with van der Waals surface area (Å²) in [5.41, 5.74) is 0.689. The van der Waals surface area contributed by atoms with Crippen molar-refractivity contribution in [3.63, 3.8) is 0 Å². The average molecular weight is 202 g/mol. The van der Waals surface area contributed by atoms with Gasteiger partial charge in [-0.05, 0) is 31.2 Å². The minimum absolute atomic E-state index is 0.0796. The van der Waals surface area contributed by atoms with Gasteiger partial charge in [0.05, 0.1) is 6.61 Å². The Labute approximate surface area is 90.3 Å². The summed E-state index contributed by atoms with van der Waals surface area (Å²) in [6, 6.07) is 7.13. The zero-order chi connectivity index (χ0) is 11.1. The predicted molar refractivity (Wildman–Crippen MR) is 60.0 cm³/mol. The molecular formula is C13H14O2. The lowest BCUT2D eigenvalue weighted by atomic mass is 10.1. The molecule has 0 aliphatic carbocycles. The van der Waals surface area contributed by atoms with E-state index in [2.05, 4.69) is 5.92 Å². The van der Waals surface area contributed by atoms with Crippen LogP contribution in [0.2, 0.25) is 0 Å². The van der Waals surface area contributed by atoms with Gasteiger partial charge in [-0.25, -0.2) is 0 Å². The lowest BCUT2D eigenvalue weighted by molar-refractivity contribution is 0.0984. The molecule has 1 aromatic carbocycles. The van der Waals surface area contributed by atoms with E-state index < -0.39 is 0 Å². The fraction of sp³-hybridized carbons (Fsp3) is 0.308. The maximum Gasteiger partial charge on any atom is 0.163 e. The highest BCUT2D eigenvalue weighted by molar-refractivity contribution is 5.96. The molecule has 0 aromatic heterocycles. The van der Waals surface area contributed by atoms with Crippen molar-refractivity contribution in [2.75, 3.05) is 6.61 Å². The maximum absolute atomic E-state index is 11.5. The van der Waals surface area contributed by atoms with E-state index in [0.29, 0.717) is 25.0 Å². The zero-order valence-electron chi connectivity index (χ0n) is 8.82. The molecule has 2 heteroatoms. The zero-order valence-corrected chi connectivity index (χ0v) is 8.82. The number of terminal acetylenes is 1. The van der Waals surface area contributed by atoms with Crippen molar-refractivity contribution in [2.45, 2.75) is 19.8 Å². The van der Waals surface area contributed by atoms with Gasteiger partial charge in [0, 0.05) is 18.4 Å². The van der Waals surface area contributed by atoms with Gasteiger partial charge in [-0.15, -0.1) is 12.3 Å². The minimum atomic E-state index is 0.0796. The summed E-state index contributed by atoms with van der Waals surface area (Å²) in [6.07, 6.45) is 6.00. The molecule has 0 fully saturated rings. The maximum atomic E-state index is 11.5. The molecule has 1 rings (SSSR count). The number of rotatable bonds is 5. The highest BCUT2D eigenvalue weighted by atomic mass is 16.5. The van der Waals surface area contributed by atoms with E-state index >= 15 is 0 Å². The lowest BCUT2D eigenvalue weighted by Gasteiger charge is -2.03. The average Bonchev–Trinajstić information content (AvgIpc) is 2.27. The lowest BCUT2D eigenvalue weighted by Crippen LogP contribution is -1.98. The molecule has 0 saturated carbocycles. The Balaban J connectivity index is 2.63. The molecule has 0 saturated heterocycles. The van der Waals surface area contributed by atoms with Gasteiger partial charge in [-0.2, -0.15) is 0 Å². The van der Waals surface area contributed by atoms with E-state index in [1.54, 1.807) is 24.3 Å². The van der Waals surface area contributed by atoms with Gasteiger partial charge in [-0.3, -0.25) is 4.79 Å². The van der Waals surface area contributed by atoms with Crippen LogP contribution in [0.3, 0.4) is 0 Å². The Hall–Kier alpha value is -1.75. The molecule has 0 aliphatic heterocycles. The van der Waals surface area contributed by atoms with Gasteiger partial charge in [0.1, 0.15) is 5.75 Å². The summed E-state index contributed by atoms with van der Waals surface area (Å²) in [6.45, 7) is 2.55. The molecule has 1 aromatic rings. The summed E-state index contributed by atoms with van der Waals surface area (Å²) in [5, 5.41) is 0. The second-order valence-electron chi connectivity index (χ2n) is 3.08. The van der Waals surface area contributed by atoms with Crippen LogP contribution in [0.1, 0.15) is 30.1 Å². The number of ketones is 1. The van der Waals surface area contributed by atoms with Crippen molar-refractivity contribution < 1.29 is 9.53 Å². The van der Waals surface area contributed by atoms with Gasteiger partial charge >= 0.3 is 0 Å². The van der Waals surface area contributed by atoms with Crippen LogP contribution in [0.25, 0.3) is 0 Å². The fourth-order valence-corrected chi connectivity index (χ4v) is 1.23. The van der Waals surface area contributed by atoms with E-state index in [1.165, 1.54) is 0 Å². The van der Waals surface area contributed by atoms with E-state index in [-0.39, 0.29) is 5.78 Å². The van der Waals surface area contributed by atoms with Gasteiger partial charge in [0.2, 0.25) is 0 Å². The van der Waals surface area contributed by atoms with Crippen LogP contribution in [0.15, 0.2) is 24.3 Å². The summed E-state index contributed by atoms with van der Waals surface area (Å²) in [5.74, 6) is 3.32. The third kappa shape index (κ3) is 3.47. The number of hydrogen-bond acceptors (Lipinski definition) is 2. The smallest absolute Gasteiger partial charge is 0.163 e. The Morgan fingerprint density at radius 1 is 1.40 bits per heavy atom. The van der Waals surface area contributed by atoms with Crippen molar-refractivity contribution in [3.05, 3.63) is 29.8 Å². The van der Waals surface area contributed by atoms with E-state index in [0.717, 1.165) is 5.75 Å². The number of ether oxygens (including phenoxy) is 1. The van der Waals surface area contributed by atoms with Crippen LogP contribution in [0.4, 0.5) is 0 Å². The number of carbonyl (C=O) groups is 1. The molecule has 0 aliphatic rings. The van der Waals surface area contributed by atoms with Crippen LogP contribution < -0.4 is 4.74 Å². The van der Waals surface area contributed by atoms with Crippen LogP contribution in [-0.2, 0) is 0 Å². The van der Waals surface area contributed by atoms with E-state index in [4.69, 9.17) is 11.2 Å². The predicted octanol–water partition coefficient (Wildman–Crippen LogP) is 2.68. The Bertz CT molecular complexity index is 357. The van der Waals surface area contributed by atoms with Gasteiger partial charge < -0.3 is 4.74 Å². The van der Waals surface area contributed by atoms with Gasteiger partial charge in [-0.1, -0.05) is 0 Å². The molecule has 78 valence electrons. The van der Waals surface area contributed by atoms with Crippen molar-refractivity contribution in [3.8, 4) is 18.1 Å². The SMILES string of the molecule is C#CCCC(=O)c1ccc(OCC)cc1. The molecule has 0 atom stereocenters. The molecule has 0 N–H and O–H groups in total. The third-order valence-electron chi connectivity index (χ3n) is 1.98. The highest BCUT2D eigenvalue weighted by Crippen LogP contribution is 2.13. The number of hydrogen-bond donors (Lipinski definition) is 0. The van der Waals surface area contributed by atoms with Crippen molar-refractivity contribution in [1.29, 1.82) is 0 Å². The highest BCUT2D eigenvalue weighted by Gasteiger charge is 2.04. The van der Waals surface area contributed by atoms with Crippen LogP contribution in [0, 0.1) is 12.3 Å². The van der Waals surface area contributed by atoms with E-state index in [1.807, 2.05) is 6.92 Å². The standard InChI is InChI=1S/C13H14O2/c1-3-5-6-13(14)11-7-9-12(10-8-11)15-4-2/h1,7-10H,4-6H2,2H3. The first-order valence-corrected chi connectivity index (χ1v) is 4.97. The minimum Gasteiger partial charge on any atom is -0.494 e. The van der Waals surface area contributed by atoms with Crippen molar-refractivity contribution >= 4 is 5.78 Å². The first-order valence-electron chi connectivity index (χ1n) is 4.97. The Morgan fingerprint density at radius 2 is 2.07 bits per heavy atom. The van der Waals surface area contributed by atoms with Crippen LogP contribution >= 0.6 is 0 Å². The molecule has 0 amide bonds. The Morgan fingerprint density at radius 3 is 2.60 bits per heavy atom. The molecule has 0 unspecified atom stereocenters. The summed E-state index contributed by atoms with van der Waals surface area (Å²) in [4.78, 5) is 11.5. The van der Waals surface area contributed by atoms with E-state index in [9.17, 15) is 4.79 Å². The fourth-order valence-electron chi connectivity index (χ4n) is 1.23. The summed E-state index contributed by atoms with van der Waals surface area (Å²) < 4.78 is 5.28. The van der Waals surface area contributed by atoms with Crippen LogP contribution in [0.5, 0.6) is 5.75 Å². The monoisotopic (exact) mass is 202 g/mol. The van der Waals surface area contributed by atoms with Gasteiger partial charge in [0.25, 0.3) is 0 Å². The Kier molecular flexibility index (Phi) is 4.43. The topological polar surface area (TPSA) is 26.3 Å². The third-order valence-corrected chi connectivity index (χ3v) is 1.98. The second kappa shape index (κ2) is 5.87. The molecule has 15 heavy (non-hydrogen) atoms. The van der Waals surface area contributed by atoms with Gasteiger partial charge in [0.15, 0.2) is 5.78 Å². The number of benzene rings is 1.